The molecule has 0 saturated heterocycles. The highest BCUT2D eigenvalue weighted by Crippen LogP contribution is 2.78. The first-order valence-corrected chi connectivity index (χ1v) is 24.5. The minimum Gasteiger partial charge on any atom is -0.508 e. The van der Waals surface area contributed by atoms with Gasteiger partial charge in [-0.05, 0) is 139 Å². The third kappa shape index (κ3) is 8.17. The van der Waals surface area contributed by atoms with E-state index in [1.807, 2.05) is 6.07 Å². The van der Waals surface area contributed by atoms with Gasteiger partial charge in [-0.3, -0.25) is 0 Å². The summed E-state index contributed by atoms with van der Waals surface area (Å²) in [5.74, 6) is -1.24. The number of hydrogen-bond donors (Lipinski definition) is 2. The molecule has 52 heavy (non-hydrogen) atoms. The summed E-state index contributed by atoms with van der Waals surface area (Å²) in [6.45, 7) is 16.9. The average Bonchev–Trinajstić information content (AvgIpc) is 3.83. The lowest BCUT2D eigenvalue weighted by Crippen LogP contribution is -2.50. The lowest BCUT2D eigenvalue weighted by molar-refractivity contribution is -0.284. The number of aliphatic hydroxyl groups is 1. The van der Waals surface area contributed by atoms with Gasteiger partial charge in [-0.15, -0.1) is 0 Å². The van der Waals surface area contributed by atoms with Gasteiger partial charge in [0.1, 0.15) is 5.75 Å². The van der Waals surface area contributed by atoms with Crippen LogP contribution in [0, 0.1) is 34.5 Å². The molecule has 3 saturated carbocycles. The number of hydrogen-bond acceptors (Lipinski definition) is 4. The average molecular weight is 775 g/mol. The Labute approximate surface area is 316 Å². The fourth-order valence-corrected chi connectivity index (χ4v) is 14.5. The van der Waals surface area contributed by atoms with Gasteiger partial charge in [0.15, 0.2) is 8.32 Å². The summed E-state index contributed by atoms with van der Waals surface area (Å²) < 4.78 is 70.5. The number of benzene rings is 1. The predicted octanol–water partition coefficient (Wildman–Crippen LogP) is 13.2. The van der Waals surface area contributed by atoms with E-state index in [-0.39, 0.29) is 40.1 Å². The van der Waals surface area contributed by atoms with Crippen LogP contribution < -0.4 is 0 Å². The Hall–Kier alpha value is -0.843. The molecule has 0 amide bonds. The first-order chi connectivity index (χ1) is 24.2. The molecule has 0 radical (unpaired) electrons. The van der Waals surface area contributed by atoms with Crippen LogP contribution in [0.15, 0.2) is 18.2 Å². The van der Waals surface area contributed by atoms with Crippen LogP contribution in [0.25, 0.3) is 0 Å². The number of halogens is 5. The van der Waals surface area contributed by atoms with E-state index in [1.54, 1.807) is 6.07 Å². The van der Waals surface area contributed by atoms with Gasteiger partial charge in [0.05, 0.1) is 12.2 Å². The molecule has 3 fully saturated rings. The van der Waals surface area contributed by atoms with Crippen molar-refractivity contribution >= 4 is 20.1 Å². The van der Waals surface area contributed by atoms with Crippen LogP contribution in [-0.2, 0) is 4.43 Å². The fourth-order valence-electron chi connectivity index (χ4n) is 10.8. The lowest BCUT2D eigenvalue weighted by atomic mass is 9.50. The molecule has 0 aliphatic heterocycles. The van der Waals surface area contributed by atoms with E-state index in [1.165, 1.54) is 36.6 Å². The molecule has 10 heteroatoms. The maximum Gasteiger partial charge on any atom is 0.453 e. The molecule has 1 aromatic rings. The first kappa shape index (κ1) is 42.3. The molecule has 1 spiro atoms. The second-order valence-electron chi connectivity index (χ2n) is 18.7. The zero-order valence-electron chi connectivity index (χ0n) is 32.9. The van der Waals surface area contributed by atoms with E-state index >= 15 is 0 Å². The molecule has 5 rings (SSSR count). The van der Waals surface area contributed by atoms with Crippen molar-refractivity contribution in [2.45, 2.75) is 179 Å². The van der Waals surface area contributed by atoms with E-state index in [0.717, 1.165) is 75.5 Å². The molecule has 4 aliphatic rings. The monoisotopic (exact) mass is 774 g/mol. The van der Waals surface area contributed by atoms with Crippen molar-refractivity contribution in [1.82, 2.24) is 0 Å². The van der Waals surface area contributed by atoms with Crippen molar-refractivity contribution in [3.63, 3.8) is 0 Å². The number of unbranched alkanes of at least 4 members (excludes halogenated alkanes) is 6. The number of aromatic hydroxyl groups is 1. The molecule has 0 aromatic heterocycles. The molecular weight excluding hydrogens is 708 g/mol. The minimum atomic E-state index is -5.46. The van der Waals surface area contributed by atoms with Crippen molar-refractivity contribution in [1.29, 1.82) is 0 Å². The highest BCUT2D eigenvalue weighted by Gasteiger charge is 2.73. The van der Waals surface area contributed by atoms with Crippen molar-refractivity contribution in [2.24, 2.45) is 34.5 Å². The maximum absolute atomic E-state index is 13.1. The standard InChI is InChI=1S/C42H67F5O3SSi/c1-28(2)38(3,4)52(6,7)50-35-27-34-36-31(19-21-39(34,5)40(35)22-23-40)30-18-17-29(48)26-33(30)37(49)32(36)16-13-11-9-8-10-12-14-24-51-25-15-20-41(43,44)42(45,46)47/h17-18,26,28,31-32,34-37,48-49H,8-16,19-25,27H2,1-7H3/t31?,32-,34?,35+,36?,37-,39-/m0/s1. The van der Waals surface area contributed by atoms with Crippen molar-refractivity contribution < 1.29 is 36.6 Å². The number of rotatable bonds is 18. The van der Waals surface area contributed by atoms with Crippen LogP contribution in [0.4, 0.5) is 22.0 Å². The number of fused-ring (bicyclic) bond motifs is 6. The smallest absolute Gasteiger partial charge is 0.453 e. The van der Waals surface area contributed by atoms with E-state index in [0.29, 0.717) is 29.4 Å². The van der Waals surface area contributed by atoms with E-state index in [4.69, 9.17) is 4.43 Å². The molecular formula is C42H67F5O3SSi. The fraction of sp³-hybridized carbons (Fsp3) is 0.857. The molecule has 4 aliphatic carbocycles. The summed E-state index contributed by atoms with van der Waals surface area (Å²) in [5.41, 5.74) is 2.64. The molecule has 2 N–H and O–H groups in total. The number of thioether (sulfide) groups is 1. The van der Waals surface area contributed by atoms with Gasteiger partial charge in [0.2, 0.25) is 0 Å². The Morgan fingerprint density at radius 2 is 1.52 bits per heavy atom. The van der Waals surface area contributed by atoms with E-state index in [9.17, 15) is 32.2 Å². The molecule has 0 bridgehead atoms. The van der Waals surface area contributed by atoms with Gasteiger partial charge in [-0.1, -0.05) is 79.2 Å². The topological polar surface area (TPSA) is 49.7 Å². The summed E-state index contributed by atoms with van der Waals surface area (Å²) in [6.07, 6.45) is 7.39. The van der Waals surface area contributed by atoms with Crippen molar-refractivity contribution in [3.05, 3.63) is 29.3 Å². The van der Waals surface area contributed by atoms with Gasteiger partial charge in [-0.25, -0.2) is 0 Å². The summed E-state index contributed by atoms with van der Waals surface area (Å²) in [4.78, 5) is 0. The number of phenolic OH excluding ortho intramolecular Hbond substituents is 1. The number of alkyl halides is 5. The molecule has 3 nitrogen and oxygen atoms in total. The number of aliphatic hydroxyl groups excluding tert-OH is 1. The highest BCUT2D eigenvalue weighted by atomic mass is 32.2. The van der Waals surface area contributed by atoms with Gasteiger partial charge in [0, 0.05) is 11.8 Å². The third-order valence-electron chi connectivity index (χ3n) is 15.4. The zero-order chi connectivity index (χ0) is 38.3. The van der Waals surface area contributed by atoms with Crippen LogP contribution in [0.1, 0.15) is 154 Å². The Bertz CT molecular complexity index is 1350. The number of phenols is 1. The largest absolute Gasteiger partial charge is 0.508 e. The van der Waals surface area contributed by atoms with Gasteiger partial charge in [0.25, 0.3) is 0 Å². The summed E-state index contributed by atoms with van der Waals surface area (Å²) in [6, 6.07) is 5.71. The molecule has 7 atom stereocenters. The minimum absolute atomic E-state index is 0.132. The van der Waals surface area contributed by atoms with Crippen LogP contribution in [-0.4, -0.2) is 48.2 Å². The lowest BCUT2D eigenvalue weighted by Gasteiger charge is -2.55. The van der Waals surface area contributed by atoms with Crippen LogP contribution in [0.2, 0.25) is 18.1 Å². The third-order valence-corrected chi connectivity index (χ3v) is 21.1. The Balaban J connectivity index is 1.16. The first-order valence-electron chi connectivity index (χ1n) is 20.4. The summed E-state index contributed by atoms with van der Waals surface area (Å²) in [7, 11) is -2.04. The van der Waals surface area contributed by atoms with Crippen molar-refractivity contribution in [3.8, 4) is 5.75 Å². The van der Waals surface area contributed by atoms with Crippen LogP contribution in [0.5, 0.6) is 5.75 Å². The van der Waals surface area contributed by atoms with Crippen LogP contribution in [0.3, 0.4) is 0 Å². The van der Waals surface area contributed by atoms with Gasteiger partial charge < -0.3 is 14.6 Å². The molecule has 3 unspecified atom stereocenters. The Morgan fingerprint density at radius 1 is 0.904 bits per heavy atom. The quantitative estimate of drug-likeness (QED) is 0.0886. The second kappa shape index (κ2) is 16.0. The maximum atomic E-state index is 13.1. The molecule has 0 heterocycles. The predicted molar refractivity (Wildman–Crippen MR) is 206 cm³/mol. The highest BCUT2D eigenvalue weighted by molar-refractivity contribution is 7.99. The summed E-state index contributed by atoms with van der Waals surface area (Å²) >= 11 is 1.47. The molecule has 298 valence electrons. The Morgan fingerprint density at radius 3 is 2.13 bits per heavy atom. The Kier molecular flexibility index (Phi) is 13.0. The summed E-state index contributed by atoms with van der Waals surface area (Å²) in [5, 5.41) is 22.7. The molecule has 1 aromatic carbocycles. The second-order valence-corrected chi connectivity index (χ2v) is 24.5. The van der Waals surface area contributed by atoms with Crippen molar-refractivity contribution in [2.75, 3.05) is 11.5 Å². The normalized spacial score (nSPS) is 30.0. The van der Waals surface area contributed by atoms with E-state index < -0.39 is 32.9 Å². The zero-order valence-corrected chi connectivity index (χ0v) is 34.7. The van der Waals surface area contributed by atoms with E-state index in [2.05, 4.69) is 53.8 Å². The van der Waals surface area contributed by atoms with Crippen LogP contribution >= 0.6 is 11.8 Å². The van der Waals surface area contributed by atoms with Gasteiger partial charge >= 0.3 is 12.1 Å². The SMILES string of the molecule is CC(C)C(C)(C)[Si](C)(C)O[C@@H]1CC2C3C(CC[C@]2(C)C12CC2)c1ccc(O)cc1[C@@H](O)[C@H]3CCCCCCCCCSCCCC(F)(F)C(F)(F)F. The van der Waals surface area contributed by atoms with Gasteiger partial charge in [-0.2, -0.15) is 33.7 Å².